The first kappa shape index (κ1) is 33.1. The first-order chi connectivity index (χ1) is 38.1. The molecule has 0 aliphatic heterocycles. The molecule has 12 aromatic carbocycles. The standard InChI is InChI=1S/C63H39F6N/c64-62(65,66)54-37-45(39-13-3-1-4-14-39)28-33-52(54)61(49-23-11-19-41-17-7-9-21-47(41)49)51-32-26-43-27-34-53-57(35-29-44-25-31-50(51)59(43)60(44)53)70(56-24-12-20-42-18-8-10-22-48(42)56)58-36-30-46(38-55(58)63(67,68)69)40-15-5-2-6-16-40/h1-38,61H/i1D,2D,3D,4D,5D,6D,13D,14D,15D,16D. The van der Waals surface area contributed by atoms with E-state index in [1.165, 1.54) is 29.2 Å². The normalized spacial score (nSPS) is 14.7. The smallest absolute Gasteiger partial charge is 0.309 e. The molecule has 0 aromatic heterocycles. The maximum Gasteiger partial charge on any atom is 0.418 e. The maximum absolute atomic E-state index is 16.0. The monoisotopic (exact) mass is 933 g/mol. The van der Waals surface area contributed by atoms with Gasteiger partial charge in [-0.05, 0) is 112 Å². The van der Waals surface area contributed by atoms with E-state index in [0.29, 0.717) is 71.0 Å². The molecule has 70 heavy (non-hydrogen) atoms. The quantitative estimate of drug-likeness (QED) is 0.0834. The highest BCUT2D eigenvalue weighted by Gasteiger charge is 2.39. The van der Waals surface area contributed by atoms with Crippen molar-refractivity contribution in [2.45, 2.75) is 18.3 Å². The Kier molecular flexibility index (Phi) is 7.89. The van der Waals surface area contributed by atoms with E-state index in [2.05, 4.69) is 0 Å². The van der Waals surface area contributed by atoms with Gasteiger partial charge in [0.25, 0.3) is 0 Å². The fourth-order valence-corrected chi connectivity index (χ4v) is 10.2. The van der Waals surface area contributed by atoms with Crippen LogP contribution < -0.4 is 4.90 Å². The van der Waals surface area contributed by atoms with E-state index < -0.39 is 101 Å². The number of benzene rings is 12. The number of rotatable bonds is 8. The molecule has 0 spiro atoms. The molecule has 0 bridgehead atoms. The third kappa shape index (κ3) is 7.28. The van der Waals surface area contributed by atoms with Crippen molar-refractivity contribution in [2.24, 2.45) is 0 Å². The van der Waals surface area contributed by atoms with E-state index in [4.69, 9.17) is 13.7 Å². The van der Waals surface area contributed by atoms with E-state index in [-0.39, 0.29) is 22.4 Å². The zero-order valence-corrected chi connectivity index (χ0v) is 36.5. The molecule has 0 saturated carbocycles. The van der Waals surface area contributed by atoms with E-state index in [9.17, 15) is 0 Å². The fraction of sp³-hybridized carbons (Fsp3) is 0.0476. The summed E-state index contributed by atoms with van der Waals surface area (Å²) in [5, 5.41) is 6.27. The summed E-state index contributed by atoms with van der Waals surface area (Å²) in [6, 6.07) is 39.3. The lowest BCUT2D eigenvalue weighted by atomic mass is 9.77. The van der Waals surface area contributed by atoms with Gasteiger partial charge in [-0.25, -0.2) is 0 Å². The summed E-state index contributed by atoms with van der Waals surface area (Å²) >= 11 is 0. The van der Waals surface area contributed by atoms with Gasteiger partial charge in [0.15, 0.2) is 0 Å². The van der Waals surface area contributed by atoms with Crippen LogP contribution in [0.4, 0.5) is 43.4 Å². The Morgan fingerprint density at radius 1 is 0.343 bits per heavy atom. The Balaban J connectivity index is 1.14. The Morgan fingerprint density at radius 3 is 1.49 bits per heavy atom. The number of alkyl halides is 6. The molecule has 1 unspecified atom stereocenters. The molecule has 0 aliphatic rings. The zero-order chi connectivity index (χ0) is 56.4. The predicted molar refractivity (Wildman–Crippen MR) is 275 cm³/mol. The second-order valence-corrected chi connectivity index (χ2v) is 17.0. The summed E-state index contributed by atoms with van der Waals surface area (Å²) in [7, 11) is 0. The Labute approximate surface area is 413 Å². The van der Waals surface area contributed by atoms with Crippen molar-refractivity contribution in [1.29, 1.82) is 0 Å². The molecule has 0 aliphatic carbocycles. The Bertz CT molecular complexity index is 4200. The number of nitrogens with zero attached hydrogens (tertiary/aromatic N) is 1. The molecule has 0 fully saturated rings. The van der Waals surface area contributed by atoms with Crippen LogP contribution in [0.2, 0.25) is 0 Å². The van der Waals surface area contributed by atoms with Crippen molar-refractivity contribution < 1.29 is 40.1 Å². The molecule has 338 valence electrons. The van der Waals surface area contributed by atoms with Crippen molar-refractivity contribution in [2.75, 3.05) is 4.90 Å². The highest BCUT2D eigenvalue weighted by atomic mass is 19.4. The van der Waals surface area contributed by atoms with Crippen LogP contribution in [0, 0.1) is 0 Å². The molecule has 12 rings (SSSR count). The summed E-state index contributed by atoms with van der Waals surface area (Å²) in [5.41, 5.74) is -2.48. The molecule has 0 N–H and O–H groups in total. The van der Waals surface area contributed by atoms with Crippen LogP contribution in [-0.4, -0.2) is 0 Å². The lowest BCUT2D eigenvalue weighted by Crippen LogP contribution is -2.17. The largest absolute Gasteiger partial charge is 0.418 e. The van der Waals surface area contributed by atoms with Crippen LogP contribution in [0.3, 0.4) is 0 Å². The second kappa shape index (κ2) is 16.7. The molecule has 1 atom stereocenters. The van der Waals surface area contributed by atoms with Gasteiger partial charge in [-0.15, -0.1) is 0 Å². The van der Waals surface area contributed by atoms with Gasteiger partial charge in [0, 0.05) is 16.7 Å². The van der Waals surface area contributed by atoms with Crippen LogP contribution in [0.15, 0.2) is 230 Å². The molecular formula is C63H39F6N. The van der Waals surface area contributed by atoms with Gasteiger partial charge in [-0.1, -0.05) is 200 Å². The van der Waals surface area contributed by atoms with E-state index >= 15 is 26.3 Å². The van der Waals surface area contributed by atoms with Crippen LogP contribution in [0.1, 0.15) is 47.4 Å². The minimum absolute atomic E-state index is 0.186. The van der Waals surface area contributed by atoms with Crippen LogP contribution in [0.25, 0.3) is 76.1 Å². The van der Waals surface area contributed by atoms with Gasteiger partial charge in [0.1, 0.15) is 0 Å². The summed E-state index contributed by atoms with van der Waals surface area (Å²) in [6.45, 7) is 0. The molecule has 0 amide bonds. The van der Waals surface area contributed by atoms with Gasteiger partial charge in [0.05, 0.1) is 41.9 Å². The number of hydrogen-bond acceptors (Lipinski definition) is 1. The maximum atomic E-state index is 16.0. The first-order valence-corrected chi connectivity index (χ1v) is 22.2. The molecule has 0 radical (unpaired) electrons. The number of anilines is 3. The van der Waals surface area contributed by atoms with Crippen molar-refractivity contribution in [3.63, 3.8) is 0 Å². The van der Waals surface area contributed by atoms with Crippen molar-refractivity contribution in [3.8, 4) is 22.3 Å². The van der Waals surface area contributed by atoms with Gasteiger partial charge < -0.3 is 4.90 Å². The molecule has 1 nitrogen and oxygen atoms in total. The minimum Gasteiger partial charge on any atom is -0.309 e. The Hall–Kier alpha value is -8.42. The van der Waals surface area contributed by atoms with Crippen molar-refractivity contribution in [3.05, 3.63) is 258 Å². The molecule has 0 saturated heterocycles. The average molecular weight is 934 g/mol. The highest BCUT2D eigenvalue weighted by Crippen LogP contribution is 2.52. The molecule has 7 heteroatoms. The third-order valence-electron chi connectivity index (χ3n) is 13.2. The van der Waals surface area contributed by atoms with Gasteiger partial charge in [-0.3, -0.25) is 0 Å². The van der Waals surface area contributed by atoms with E-state index in [1.807, 2.05) is 54.6 Å². The van der Waals surface area contributed by atoms with Gasteiger partial charge in [-0.2, -0.15) is 26.3 Å². The third-order valence-corrected chi connectivity index (χ3v) is 13.2. The SMILES string of the molecule is [2H]c1c([2H])c([2H])c(-c2ccc(C(c3cccc4ccccc34)c3ccc4ccc5c(N(c6ccc(-c7c([2H])c([2H])c([2H])c([2H])c7[2H])cc6C(F)(F)F)c6cccc7ccccc67)ccc6ccc3c4c65)c(C(F)(F)F)c2)c([2H])c1[2H]. The summed E-state index contributed by atoms with van der Waals surface area (Å²) in [6.07, 6.45) is -10.1. The van der Waals surface area contributed by atoms with Gasteiger partial charge >= 0.3 is 12.4 Å². The summed E-state index contributed by atoms with van der Waals surface area (Å²) < 4.78 is 180. The van der Waals surface area contributed by atoms with E-state index in [1.54, 1.807) is 78.9 Å². The van der Waals surface area contributed by atoms with Crippen molar-refractivity contribution in [1.82, 2.24) is 0 Å². The summed E-state index contributed by atoms with van der Waals surface area (Å²) in [4.78, 5) is 1.50. The lowest BCUT2D eigenvalue weighted by Gasteiger charge is -2.31. The van der Waals surface area contributed by atoms with Gasteiger partial charge in [0.2, 0.25) is 0 Å². The average Bonchev–Trinajstić information content (AvgIpc) is 3.62. The number of fused-ring (bicyclic) bond motifs is 2. The number of hydrogen-bond donors (Lipinski definition) is 0. The fourth-order valence-electron chi connectivity index (χ4n) is 10.2. The molecular weight excluding hydrogens is 885 g/mol. The zero-order valence-electron chi connectivity index (χ0n) is 46.5. The predicted octanol–water partition coefficient (Wildman–Crippen LogP) is 18.9. The van der Waals surface area contributed by atoms with Crippen molar-refractivity contribution >= 4 is 70.9 Å². The number of halogens is 6. The topological polar surface area (TPSA) is 3.24 Å². The van der Waals surface area contributed by atoms with E-state index in [0.717, 1.165) is 17.5 Å². The molecule has 0 heterocycles. The van der Waals surface area contributed by atoms with Crippen LogP contribution in [-0.2, 0) is 12.4 Å². The first-order valence-electron chi connectivity index (χ1n) is 27.2. The van der Waals surface area contributed by atoms with Crippen LogP contribution in [0.5, 0.6) is 0 Å². The van der Waals surface area contributed by atoms with Crippen LogP contribution >= 0.6 is 0 Å². The highest BCUT2D eigenvalue weighted by molar-refractivity contribution is 6.27. The summed E-state index contributed by atoms with van der Waals surface area (Å²) in [5.74, 6) is -1.17. The molecule has 12 aromatic rings. The Morgan fingerprint density at radius 2 is 0.814 bits per heavy atom. The lowest BCUT2D eigenvalue weighted by molar-refractivity contribution is -0.138. The second-order valence-electron chi connectivity index (χ2n) is 17.0. The minimum atomic E-state index is -5.07.